The Bertz CT molecular complexity index is 879. The van der Waals surface area contributed by atoms with Crippen LogP contribution in [0.3, 0.4) is 0 Å². The molecule has 7 nitrogen and oxygen atoms in total. The molecule has 0 unspecified atom stereocenters. The molecule has 7 heteroatoms. The molecule has 27 heavy (non-hydrogen) atoms. The zero-order valence-corrected chi connectivity index (χ0v) is 15.0. The fraction of sp³-hybridized carbons (Fsp3) is 0.350. The predicted molar refractivity (Wildman–Crippen MR) is 95.5 cm³/mol. The molecule has 1 aromatic carbocycles. The number of imide groups is 1. The van der Waals surface area contributed by atoms with E-state index in [2.05, 4.69) is 5.32 Å². The smallest absolute Gasteiger partial charge is 0.326 e. The highest BCUT2D eigenvalue weighted by atomic mass is 16.5. The maximum Gasteiger partial charge on any atom is 0.326 e. The lowest BCUT2D eigenvalue weighted by Gasteiger charge is -2.31. The van der Waals surface area contributed by atoms with Crippen molar-refractivity contribution in [3.8, 4) is 0 Å². The average Bonchev–Trinajstić information content (AvgIpc) is 3.39. The van der Waals surface area contributed by atoms with E-state index in [4.69, 9.17) is 9.15 Å². The Morgan fingerprint density at radius 1 is 1.19 bits per heavy atom. The summed E-state index contributed by atoms with van der Waals surface area (Å²) in [6, 6.07) is 11.6. The molecule has 140 valence electrons. The summed E-state index contributed by atoms with van der Waals surface area (Å²) in [6.45, 7) is 1.80. The first kappa shape index (κ1) is 17.5. The van der Waals surface area contributed by atoms with E-state index in [1.165, 1.54) is 18.3 Å². The molecule has 3 heterocycles. The molecule has 0 saturated carbocycles. The summed E-state index contributed by atoms with van der Waals surface area (Å²) in [5.41, 5.74) is -0.789. The first-order chi connectivity index (χ1) is 13.0. The van der Waals surface area contributed by atoms with Crippen molar-refractivity contribution in [3.63, 3.8) is 0 Å². The number of anilines is 1. The standard InChI is InChI=1S/C20H20N2O5/c1-3-20(19(25)26-2)15-14(16(21-20)13-10-7-11-27-13)17(23)22(18(15)24)12-8-5-4-6-9-12/h4-11,14-16,21H,3H2,1-2H3/t14-,15-,16-,20+/m1/s1. The second-order valence-corrected chi connectivity index (χ2v) is 6.80. The number of furan rings is 1. The van der Waals surface area contributed by atoms with Crippen molar-refractivity contribution in [3.05, 3.63) is 54.5 Å². The van der Waals surface area contributed by atoms with E-state index in [0.717, 1.165) is 0 Å². The minimum Gasteiger partial charge on any atom is -0.468 e. The number of ether oxygens (including phenoxy) is 1. The van der Waals surface area contributed by atoms with Gasteiger partial charge in [0.05, 0.1) is 36.9 Å². The predicted octanol–water partition coefficient (Wildman–Crippen LogP) is 2.05. The summed E-state index contributed by atoms with van der Waals surface area (Å²) in [6.07, 6.45) is 1.81. The summed E-state index contributed by atoms with van der Waals surface area (Å²) in [5, 5.41) is 3.21. The molecule has 2 aliphatic heterocycles. The van der Waals surface area contributed by atoms with E-state index in [0.29, 0.717) is 17.9 Å². The van der Waals surface area contributed by atoms with Gasteiger partial charge in [-0.2, -0.15) is 0 Å². The van der Waals surface area contributed by atoms with Gasteiger partial charge in [0.2, 0.25) is 11.8 Å². The van der Waals surface area contributed by atoms with Crippen LogP contribution in [-0.4, -0.2) is 30.4 Å². The number of rotatable bonds is 4. The average molecular weight is 368 g/mol. The lowest BCUT2D eigenvalue weighted by Crippen LogP contribution is -2.55. The number of benzene rings is 1. The van der Waals surface area contributed by atoms with Gasteiger partial charge in [-0.05, 0) is 30.7 Å². The van der Waals surface area contributed by atoms with Gasteiger partial charge in [0.25, 0.3) is 0 Å². The lowest BCUT2D eigenvalue weighted by molar-refractivity contribution is -0.152. The third-order valence-electron chi connectivity index (χ3n) is 5.63. The first-order valence-corrected chi connectivity index (χ1v) is 8.87. The van der Waals surface area contributed by atoms with Gasteiger partial charge in [-0.25, -0.2) is 4.90 Å². The lowest BCUT2D eigenvalue weighted by atomic mass is 9.78. The van der Waals surface area contributed by atoms with Crippen molar-refractivity contribution in [2.45, 2.75) is 24.9 Å². The van der Waals surface area contributed by atoms with Crippen molar-refractivity contribution in [2.24, 2.45) is 11.8 Å². The molecule has 0 spiro atoms. The van der Waals surface area contributed by atoms with E-state index in [1.807, 2.05) is 6.07 Å². The van der Waals surface area contributed by atoms with E-state index in [1.54, 1.807) is 43.3 Å². The minimum atomic E-state index is -1.28. The number of methoxy groups -OCH3 is 1. The number of hydrogen-bond acceptors (Lipinski definition) is 6. The summed E-state index contributed by atoms with van der Waals surface area (Å²) >= 11 is 0. The molecule has 2 saturated heterocycles. The van der Waals surface area contributed by atoms with Crippen molar-refractivity contribution in [1.29, 1.82) is 0 Å². The van der Waals surface area contributed by atoms with E-state index >= 15 is 0 Å². The van der Waals surface area contributed by atoms with Crippen molar-refractivity contribution in [1.82, 2.24) is 5.32 Å². The number of fused-ring (bicyclic) bond motifs is 1. The van der Waals surface area contributed by atoms with Gasteiger partial charge >= 0.3 is 5.97 Å². The molecular weight excluding hydrogens is 348 g/mol. The Hall–Kier alpha value is -2.93. The number of hydrogen-bond donors (Lipinski definition) is 1. The zero-order chi connectivity index (χ0) is 19.2. The normalized spacial score (nSPS) is 29.9. The molecule has 4 atom stereocenters. The quantitative estimate of drug-likeness (QED) is 0.656. The number of carbonyl (C=O) groups excluding carboxylic acids is 3. The second kappa shape index (κ2) is 6.35. The van der Waals surface area contributed by atoms with Crippen LogP contribution in [0.1, 0.15) is 25.1 Å². The van der Waals surface area contributed by atoms with Gasteiger partial charge in [0.1, 0.15) is 11.3 Å². The number of para-hydroxylation sites is 1. The topological polar surface area (TPSA) is 88.8 Å². The number of carbonyl (C=O) groups is 3. The van der Waals surface area contributed by atoms with E-state index < -0.39 is 35.3 Å². The number of amides is 2. The SMILES string of the molecule is CC[C@]1(C(=O)OC)N[C@H](c2ccco2)[C@@H]2C(=O)N(c3ccccc3)C(=O)[C@@H]21. The molecule has 4 rings (SSSR count). The summed E-state index contributed by atoms with van der Waals surface area (Å²) in [5.74, 6) is -2.39. The summed E-state index contributed by atoms with van der Waals surface area (Å²) in [4.78, 5) is 40.5. The fourth-order valence-corrected chi connectivity index (χ4v) is 4.38. The molecular formula is C20H20N2O5. The third kappa shape index (κ3) is 2.35. The second-order valence-electron chi connectivity index (χ2n) is 6.80. The molecule has 0 bridgehead atoms. The first-order valence-electron chi connectivity index (χ1n) is 8.87. The zero-order valence-electron chi connectivity index (χ0n) is 15.0. The summed E-state index contributed by atoms with van der Waals surface area (Å²) < 4.78 is 10.5. The van der Waals surface area contributed by atoms with Gasteiger partial charge < -0.3 is 9.15 Å². The fourth-order valence-electron chi connectivity index (χ4n) is 4.38. The van der Waals surface area contributed by atoms with Crippen molar-refractivity contribution < 1.29 is 23.5 Å². The van der Waals surface area contributed by atoms with Gasteiger partial charge in [0.15, 0.2) is 0 Å². The highest BCUT2D eigenvalue weighted by molar-refractivity contribution is 6.24. The van der Waals surface area contributed by atoms with Gasteiger partial charge in [-0.3, -0.25) is 19.7 Å². The molecule has 2 aromatic rings. The van der Waals surface area contributed by atoms with Gasteiger partial charge in [-0.15, -0.1) is 0 Å². The Labute approximate surface area is 156 Å². The third-order valence-corrected chi connectivity index (χ3v) is 5.63. The number of esters is 1. The molecule has 0 aliphatic carbocycles. The van der Waals surface area contributed by atoms with Crippen LogP contribution in [0.25, 0.3) is 0 Å². The van der Waals surface area contributed by atoms with Crippen LogP contribution in [0.4, 0.5) is 5.69 Å². The van der Waals surface area contributed by atoms with E-state index in [-0.39, 0.29) is 5.91 Å². The van der Waals surface area contributed by atoms with Crippen LogP contribution in [-0.2, 0) is 19.1 Å². The largest absolute Gasteiger partial charge is 0.468 e. The van der Waals surface area contributed by atoms with Crippen molar-refractivity contribution in [2.75, 3.05) is 12.0 Å². The molecule has 2 amide bonds. The Kier molecular flexibility index (Phi) is 4.11. The van der Waals surface area contributed by atoms with Crippen LogP contribution >= 0.6 is 0 Å². The Morgan fingerprint density at radius 2 is 1.93 bits per heavy atom. The maximum atomic E-state index is 13.3. The van der Waals surface area contributed by atoms with Crippen LogP contribution in [0.5, 0.6) is 0 Å². The Balaban J connectivity index is 1.85. The molecule has 0 radical (unpaired) electrons. The highest BCUT2D eigenvalue weighted by Gasteiger charge is 2.68. The highest BCUT2D eigenvalue weighted by Crippen LogP contribution is 2.51. The molecule has 1 aromatic heterocycles. The van der Waals surface area contributed by atoms with Crippen LogP contribution in [0.2, 0.25) is 0 Å². The number of nitrogens with zero attached hydrogens (tertiary/aromatic N) is 1. The number of nitrogens with one attached hydrogen (secondary N) is 1. The summed E-state index contributed by atoms with van der Waals surface area (Å²) in [7, 11) is 1.28. The molecule has 2 fully saturated rings. The monoisotopic (exact) mass is 368 g/mol. The van der Waals surface area contributed by atoms with E-state index in [9.17, 15) is 14.4 Å². The Morgan fingerprint density at radius 3 is 2.52 bits per heavy atom. The molecule has 2 aliphatic rings. The maximum absolute atomic E-state index is 13.3. The van der Waals surface area contributed by atoms with Crippen LogP contribution in [0, 0.1) is 11.8 Å². The molecule has 1 N–H and O–H groups in total. The minimum absolute atomic E-state index is 0.305. The van der Waals surface area contributed by atoms with Crippen LogP contribution in [0.15, 0.2) is 53.1 Å². The van der Waals surface area contributed by atoms with Gasteiger partial charge in [0, 0.05) is 0 Å². The van der Waals surface area contributed by atoms with Crippen molar-refractivity contribution >= 4 is 23.5 Å². The van der Waals surface area contributed by atoms with Crippen LogP contribution < -0.4 is 10.2 Å². The van der Waals surface area contributed by atoms with Gasteiger partial charge in [-0.1, -0.05) is 25.1 Å².